The third-order valence-corrected chi connectivity index (χ3v) is 8.63. The predicted molar refractivity (Wildman–Crippen MR) is 93.3 cm³/mol. The number of carbonyl (C=O) groups excluding carboxylic acids is 1. The Labute approximate surface area is 145 Å². The lowest BCUT2D eigenvalue weighted by Crippen LogP contribution is -2.51. The van der Waals surface area contributed by atoms with Crippen LogP contribution in [0.25, 0.3) is 0 Å². The largest absolute Gasteiger partial charge is 0.389 e. The van der Waals surface area contributed by atoms with E-state index in [1.807, 2.05) is 0 Å². The molecule has 3 heteroatoms. The zero-order valence-electron chi connectivity index (χ0n) is 15.1. The fourth-order valence-electron chi connectivity index (χ4n) is 7.35. The minimum absolute atomic E-state index is 0.0712. The molecule has 4 aliphatic rings. The fourth-order valence-corrected chi connectivity index (χ4v) is 7.35. The molecule has 134 valence electrons. The monoisotopic (exact) mass is 332 g/mol. The topological polar surface area (TPSA) is 57.5 Å². The van der Waals surface area contributed by atoms with Crippen LogP contribution in [0.3, 0.4) is 0 Å². The van der Waals surface area contributed by atoms with Crippen LogP contribution in [0.1, 0.15) is 65.2 Å². The fraction of sp³-hybridized carbons (Fsp3) is 0.857. The molecule has 0 bridgehead atoms. The lowest BCUT2D eigenvalue weighted by Gasteiger charge is -2.58. The highest BCUT2D eigenvalue weighted by Crippen LogP contribution is 2.66. The normalized spacial score (nSPS) is 50.5. The third-order valence-electron chi connectivity index (χ3n) is 8.63. The molecule has 3 fully saturated rings. The molecule has 0 aromatic carbocycles. The molecule has 0 aromatic rings. The van der Waals surface area contributed by atoms with Crippen molar-refractivity contribution in [3.8, 4) is 0 Å². The number of Topliss-reactive ketones (excluding diaryl/α,β-unsaturated/α-hetero) is 1. The molecule has 0 unspecified atom stereocenters. The number of allylic oxidation sites excluding steroid dienone is 1. The van der Waals surface area contributed by atoms with Crippen LogP contribution in [-0.4, -0.2) is 28.7 Å². The standard InChI is InChI=1S/C21H32O3/c1-20-9-7-14(23)11-13(20)3-4-15-16-5-6-18(19(24)12-22)21(16,2)10-8-17(15)20/h11,14-18,22-23H,3-10,12H2,1-2H3/t14-,15+,16+,17+,18-,20+,21+/m1/s1. The first kappa shape index (κ1) is 16.8. The molecular weight excluding hydrogens is 300 g/mol. The number of rotatable bonds is 2. The minimum atomic E-state index is -0.288. The smallest absolute Gasteiger partial charge is 0.161 e. The van der Waals surface area contributed by atoms with Crippen molar-refractivity contribution in [3.05, 3.63) is 11.6 Å². The van der Waals surface area contributed by atoms with Gasteiger partial charge in [-0.2, -0.15) is 0 Å². The number of hydrogen-bond acceptors (Lipinski definition) is 3. The maximum absolute atomic E-state index is 12.3. The summed E-state index contributed by atoms with van der Waals surface area (Å²) in [5.74, 6) is 2.22. The molecule has 0 amide bonds. The quantitative estimate of drug-likeness (QED) is 0.761. The summed E-state index contributed by atoms with van der Waals surface area (Å²) in [6.07, 6.45) is 10.7. The maximum Gasteiger partial charge on any atom is 0.161 e. The van der Waals surface area contributed by atoms with Crippen LogP contribution in [0.15, 0.2) is 11.6 Å². The summed E-state index contributed by atoms with van der Waals surface area (Å²) < 4.78 is 0. The molecule has 24 heavy (non-hydrogen) atoms. The van der Waals surface area contributed by atoms with Gasteiger partial charge in [-0.1, -0.05) is 25.5 Å². The summed E-state index contributed by atoms with van der Waals surface area (Å²) in [6.45, 7) is 4.48. The molecule has 0 aromatic heterocycles. The molecule has 0 aliphatic heterocycles. The van der Waals surface area contributed by atoms with Gasteiger partial charge in [-0.3, -0.25) is 4.79 Å². The molecule has 2 N–H and O–H groups in total. The van der Waals surface area contributed by atoms with Crippen molar-refractivity contribution in [2.45, 2.75) is 71.3 Å². The number of fused-ring (bicyclic) bond motifs is 5. The molecule has 0 saturated heterocycles. The molecule has 4 rings (SSSR count). The average Bonchev–Trinajstić information content (AvgIpc) is 2.92. The van der Waals surface area contributed by atoms with Crippen LogP contribution in [-0.2, 0) is 4.79 Å². The van der Waals surface area contributed by atoms with Crippen molar-refractivity contribution in [1.29, 1.82) is 0 Å². The number of hydrogen-bond donors (Lipinski definition) is 2. The van der Waals surface area contributed by atoms with E-state index >= 15 is 0 Å². The summed E-state index contributed by atoms with van der Waals surface area (Å²) in [5, 5.41) is 19.4. The highest BCUT2D eigenvalue weighted by Gasteiger charge is 2.59. The Bertz CT molecular complexity index is 567. The summed E-state index contributed by atoms with van der Waals surface area (Å²) in [6, 6.07) is 0. The maximum atomic E-state index is 12.3. The van der Waals surface area contributed by atoms with Gasteiger partial charge in [0.25, 0.3) is 0 Å². The first-order valence-corrected chi connectivity index (χ1v) is 9.93. The molecule has 7 atom stereocenters. The number of carbonyl (C=O) groups is 1. The lowest BCUT2D eigenvalue weighted by molar-refractivity contribution is -0.132. The summed E-state index contributed by atoms with van der Waals surface area (Å²) >= 11 is 0. The molecular formula is C21H32O3. The van der Waals surface area contributed by atoms with Crippen molar-refractivity contribution in [2.24, 2.45) is 34.5 Å². The first-order valence-electron chi connectivity index (χ1n) is 9.93. The number of ketones is 1. The zero-order valence-corrected chi connectivity index (χ0v) is 15.1. The van der Waals surface area contributed by atoms with Gasteiger partial charge >= 0.3 is 0 Å². The number of aliphatic hydroxyl groups is 2. The zero-order chi connectivity index (χ0) is 17.1. The van der Waals surface area contributed by atoms with Gasteiger partial charge in [0, 0.05) is 5.92 Å². The second kappa shape index (κ2) is 5.67. The van der Waals surface area contributed by atoms with E-state index in [1.165, 1.54) is 18.4 Å². The predicted octanol–water partition coefficient (Wildman–Crippen LogP) is 3.49. The molecule has 0 spiro atoms. The van der Waals surface area contributed by atoms with Crippen LogP contribution in [0.4, 0.5) is 0 Å². The Morgan fingerprint density at radius 1 is 1.12 bits per heavy atom. The van der Waals surface area contributed by atoms with E-state index in [-0.39, 0.29) is 35.2 Å². The van der Waals surface area contributed by atoms with Gasteiger partial charge in [-0.05, 0) is 80.0 Å². The second-order valence-corrected chi connectivity index (χ2v) is 9.43. The van der Waals surface area contributed by atoms with Crippen LogP contribution < -0.4 is 0 Å². The van der Waals surface area contributed by atoms with E-state index in [2.05, 4.69) is 19.9 Å². The van der Waals surface area contributed by atoms with Crippen LogP contribution in [0.2, 0.25) is 0 Å². The van der Waals surface area contributed by atoms with Crippen LogP contribution in [0.5, 0.6) is 0 Å². The van der Waals surface area contributed by atoms with Crippen molar-refractivity contribution in [1.82, 2.24) is 0 Å². The van der Waals surface area contributed by atoms with E-state index in [4.69, 9.17) is 0 Å². The Kier molecular flexibility index (Phi) is 3.96. The van der Waals surface area contributed by atoms with E-state index in [9.17, 15) is 15.0 Å². The summed E-state index contributed by atoms with van der Waals surface area (Å²) in [5.41, 5.74) is 1.88. The summed E-state index contributed by atoms with van der Waals surface area (Å²) in [7, 11) is 0. The lowest BCUT2D eigenvalue weighted by atomic mass is 9.46. The summed E-state index contributed by atoms with van der Waals surface area (Å²) in [4.78, 5) is 12.3. The van der Waals surface area contributed by atoms with E-state index < -0.39 is 0 Å². The first-order chi connectivity index (χ1) is 11.4. The second-order valence-electron chi connectivity index (χ2n) is 9.43. The minimum Gasteiger partial charge on any atom is -0.389 e. The number of aliphatic hydroxyl groups excluding tert-OH is 2. The van der Waals surface area contributed by atoms with Gasteiger partial charge in [0.15, 0.2) is 5.78 Å². The highest BCUT2D eigenvalue weighted by atomic mass is 16.3. The SMILES string of the molecule is C[C@]12CC[C@H]3[C@@H](CCC4=C[C@H](O)CC[C@@]43C)[C@@H]1CC[C@@H]2C(=O)CO. The van der Waals surface area contributed by atoms with E-state index in [1.54, 1.807) is 0 Å². The average molecular weight is 332 g/mol. The molecule has 0 radical (unpaired) electrons. The van der Waals surface area contributed by atoms with Gasteiger partial charge < -0.3 is 10.2 Å². The molecule has 3 saturated carbocycles. The van der Waals surface area contributed by atoms with E-state index in [0.29, 0.717) is 11.8 Å². The highest BCUT2D eigenvalue weighted by molar-refractivity contribution is 5.83. The molecule has 4 aliphatic carbocycles. The van der Waals surface area contributed by atoms with Crippen LogP contribution >= 0.6 is 0 Å². The Morgan fingerprint density at radius 3 is 2.67 bits per heavy atom. The Morgan fingerprint density at radius 2 is 1.92 bits per heavy atom. The van der Waals surface area contributed by atoms with Crippen molar-refractivity contribution in [3.63, 3.8) is 0 Å². The van der Waals surface area contributed by atoms with Gasteiger partial charge in [-0.25, -0.2) is 0 Å². The third kappa shape index (κ3) is 2.20. The molecule has 0 heterocycles. The van der Waals surface area contributed by atoms with Crippen molar-refractivity contribution < 1.29 is 15.0 Å². The molecule has 3 nitrogen and oxygen atoms in total. The van der Waals surface area contributed by atoms with Gasteiger partial charge in [0.05, 0.1) is 6.10 Å². The van der Waals surface area contributed by atoms with E-state index in [0.717, 1.165) is 44.4 Å². The Hall–Kier alpha value is -0.670. The van der Waals surface area contributed by atoms with Gasteiger partial charge in [0.1, 0.15) is 6.61 Å². The van der Waals surface area contributed by atoms with Crippen molar-refractivity contribution in [2.75, 3.05) is 6.61 Å². The Balaban J connectivity index is 1.63. The van der Waals surface area contributed by atoms with Gasteiger partial charge in [0.2, 0.25) is 0 Å². The van der Waals surface area contributed by atoms with Crippen LogP contribution in [0, 0.1) is 34.5 Å². The van der Waals surface area contributed by atoms with Gasteiger partial charge in [-0.15, -0.1) is 0 Å². The van der Waals surface area contributed by atoms with Crippen molar-refractivity contribution >= 4 is 5.78 Å².